The van der Waals surface area contributed by atoms with Crippen LogP contribution in [-0.2, 0) is 16.3 Å². The van der Waals surface area contributed by atoms with Gasteiger partial charge in [-0.3, -0.25) is 0 Å². The summed E-state index contributed by atoms with van der Waals surface area (Å²) in [5.74, 6) is 1.14. The second-order valence-corrected chi connectivity index (χ2v) is 6.65. The zero-order chi connectivity index (χ0) is 10.2. The summed E-state index contributed by atoms with van der Waals surface area (Å²) in [6, 6.07) is 5.44. The molecular formula is C10H12O2S2. The smallest absolute Gasteiger partial charge is 0.175 e. The molecule has 1 aliphatic rings. The Labute approximate surface area is 88.6 Å². The first kappa shape index (κ1) is 10.1. The number of hydrogen-bond acceptors (Lipinski definition) is 3. The van der Waals surface area contributed by atoms with Gasteiger partial charge in [0.15, 0.2) is 9.84 Å². The van der Waals surface area contributed by atoms with Crippen LogP contribution in [0.2, 0.25) is 0 Å². The first-order chi connectivity index (χ1) is 6.57. The summed E-state index contributed by atoms with van der Waals surface area (Å²) in [7, 11) is -3.05. The topological polar surface area (TPSA) is 34.1 Å². The molecule has 0 N–H and O–H groups in total. The summed E-state index contributed by atoms with van der Waals surface area (Å²) in [6.07, 6.45) is 3.40. The van der Waals surface area contributed by atoms with Gasteiger partial charge in [-0.1, -0.05) is 0 Å². The monoisotopic (exact) mass is 228 g/mol. The molecule has 4 heteroatoms. The number of rotatable bonds is 1. The Kier molecular flexibility index (Phi) is 2.58. The lowest BCUT2D eigenvalue weighted by atomic mass is 10.1. The summed E-state index contributed by atoms with van der Waals surface area (Å²) in [6.45, 7) is 0. The molecule has 0 spiro atoms. The Morgan fingerprint density at radius 1 is 1.36 bits per heavy atom. The molecule has 2 nitrogen and oxygen atoms in total. The lowest BCUT2D eigenvalue weighted by molar-refractivity contribution is 0.601. The van der Waals surface area contributed by atoms with E-state index in [0.29, 0.717) is 4.90 Å². The van der Waals surface area contributed by atoms with Gasteiger partial charge in [-0.15, -0.1) is 11.8 Å². The number of hydrogen-bond donors (Lipinski definition) is 0. The van der Waals surface area contributed by atoms with E-state index >= 15 is 0 Å². The quantitative estimate of drug-likeness (QED) is 0.738. The highest BCUT2D eigenvalue weighted by molar-refractivity contribution is 7.99. The summed E-state index contributed by atoms with van der Waals surface area (Å²) in [5, 5.41) is 0. The Balaban J connectivity index is 2.49. The average molecular weight is 228 g/mol. The third-order valence-electron chi connectivity index (χ3n) is 2.31. The summed E-state index contributed by atoms with van der Waals surface area (Å²) >= 11 is 1.81. The van der Waals surface area contributed by atoms with E-state index in [4.69, 9.17) is 0 Å². The highest BCUT2D eigenvalue weighted by Gasteiger charge is 2.13. The number of aryl methyl sites for hydroxylation is 1. The Morgan fingerprint density at radius 2 is 2.14 bits per heavy atom. The van der Waals surface area contributed by atoms with Crippen molar-refractivity contribution in [2.75, 3.05) is 12.0 Å². The maximum atomic E-state index is 11.3. The van der Waals surface area contributed by atoms with Crippen LogP contribution in [-0.4, -0.2) is 20.4 Å². The molecule has 1 aromatic rings. The predicted octanol–water partition coefficient (Wildman–Crippen LogP) is 2.13. The van der Waals surface area contributed by atoms with Gasteiger partial charge in [-0.05, 0) is 42.4 Å². The zero-order valence-corrected chi connectivity index (χ0v) is 9.62. The van der Waals surface area contributed by atoms with E-state index in [1.165, 1.54) is 16.7 Å². The van der Waals surface area contributed by atoms with Crippen LogP contribution >= 0.6 is 11.8 Å². The van der Waals surface area contributed by atoms with E-state index in [-0.39, 0.29) is 0 Å². The van der Waals surface area contributed by atoms with Gasteiger partial charge in [0.2, 0.25) is 0 Å². The molecule has 0 fully saturated rings. The Hall–Kier alpha value is -0.480. The first-order valence-corrected chi connectivity index (χ1v) is 7.41. The lowest BCUT2D eigenvalue weighted by Crippen LogP contribution is -2.02. The fourth-order valence-electron chi connectivity index (χ4n) is 1.57. The molecule has 0 aromatic heterocycles. The minimum absolute atomic E-state index is 0.443. The van der Waals surface area contributed by atoms with Crippen molar-refractivity contribution >= 4 is 21.6 Å². The van der Waals surface area contributed by atoms with Crippen LogP contribution in [0, 0.1) is 0 Å². The second-order valence-electron chi connectivity index (χ2n) is 3.49. The van der Waals surface area contributed by atoms with Gasteiger partial charge < -0.3 is 0 Å². The van der Waals surface area contributed by atoms with Crippen molar-refractivity contribution in [3.63, 3.8) is 0 Å². The van der Waals surface area contributed by atoms with E-state index in [1.54, 1.807) is 6.07 Å². The van der Waals surface area contributed by atoms with Crippen molar-refractivity contribution in [1.82, 2.24) is 0 Å². The largest absolute Gasteiger partial charge is 0.224 e. The van der Waals surface area contributed by atoms with Gasteiger partial charge in [-0.2, -0.15) is 0 Å². The molecule has 0 saturated carbocycles. The van der Waals surface area contributed by atoms with Gasteiger partial charge in [0, 0.05) is 11.2 Å². The molecule has 0 aliphatic carbocycles. The predicted molar refractivity (Wildman–Crippen MR) is 58.6 cm³/mol. The van der Waals surface area contributed by atoms with Crippen molar-refractivity contribution in [3.05, 3.63) is 23.8 Å². The Morgan fingerprint density at radius 3 is 2.86 bits per heavy atom. The van der Waals surface area contributed by atoms with Gasteiger partial charge in [0.25, 0.3) is 0 Å². The molecule has 1 aromatic carbocycles. The molecule has 76 valence electrons. The van der Waals surface area contributed by atoms with Crippen LogP contribution < -0.4 is 0 Å². The van der Waals surface area contributed by atoms with Crippen molar-refractivity contribution in [2.45, 2.75) is 22.6 Å². The van der Waals surface area contributed by atoms with E-state index < -0.39 is 9.84 Å². The van der Waals surface area contributed by atoms with E-state index in [9.17, 15) is 8.42 Å². The summed E-state index contributed by atoms with van der Waals surface area (Å²) < 4.78 is 22.6. The van der Waals surface area contributed by atoms with Gasteiger partial charge in [0.1, 0.15) is 0 Å². The summed E-state index contributed by atoms with van der Waals surface area (Å²) in [5.41, 5.74) is 1.18. The molecule has 0 unspecified atom stereocenters. The number of benzene rings is 1. The van der Waals surface area contributed by atoms with Crippen LogP contribution in [0.3, 0.4) is 0 Å². The SMILES string of the molecule is CS(=O)(=O)c1ccc2c(c1)CCCS2. The Bertz CT molecular complexity index is 449. The maximum absolute atomic E-state index is 11.3. The molecular weight excluding hydrogens is 216 g/mol. The van der Waals surface area contributed by atoms with Gasteiger partial charge in [-0.25, -0.2) is 8.42 Å². The van der Waals surface area contributed by atoms with Crippen molar-refractivity contribution in [3.8, 4) is 0 Å². The molecule has 0 atom stereocenters. The molecule has 1 aliphatic heterocycles. The van der Waals surface area contributed by atoms with Crippen molar-refractivity contribution in [2.24, 2.45) is 0 Å². The molecule has 2 rings (SSSR count). The van der Waals surface area contributed by atoms with E-state index in [0.717, 1.165) is 18.6 Å². The normalized spacial score (nSPS) is 16.4. The van der Waals surface area contributed by atoms with Crippen LogP contribution in [0.1, 0.15) is 12.0 Å². The van der Waals surface area contributed by atoms with Crippen molar-refractivity contribution in [1.29, 1.82) is 0 Å². The minimum Gasteiger partial charge on any atom is -0.224 e. The van der Waals surface area contributed by atoms with Crippen LogP contribution in [0.5, 0.6) is 0 Å². The average Bonchev–Trinajstić information content (AvgIpc) is 2.16. The van der Waals surface area contributed by atoms with Gasteiger partial charge in [0.05, 0.1) is 4.90 Å². The van der Waals surface area contributed by atoms with Gasteiger partial charge >= 0.3 is 0 Å². The fourth-order valence-corrected chi connectivity index (χ4v) is 3.26. The molecule has 14 heavy (non-hydrogen) atoms. The highest BCUT2D eigenvalue weighted by atomic mass is 32.2. The molecule has 0 saturated heterocycles. The fraction of sp³-hybridized carbons (Fsp3) is 0.400. The standard InChI is InChI=1S/C10H12O2S2/c1-14(11,12)9-4-5-10-8(7-9)3-2-6-13-10/h4-5,7H,2-3,6H2,1H3. The van der Waals surface area contributed by atoms with Crippen LogP contribution in [0.4, 0.5) is 0 Å². The third-order valence-corrected chi connectivity index (χ3v) is 4.62. The zero-order valence-electron chi connectivity index (χ0n) is 7.99. The summed E-state index contributed by atoms with van der Waals surface area (Å²) in [4.78, 5) is 1.68. The van der Waals surface area contributed by atoms with Crippen LogP contribution in [0.25, 0.3) is 0 Å². The van der Waals surface area contributed by atoms with E-state index in [1.807, 2.05) is 23.9 Å². The number of thioether (sulfide) groups is 1. The number of fused-ring (bicyclic) bond motifs is 1. The maximum Gasteiger partial charge on any atom is 0.175 e. The lowest BCUT2D eigenvalue weighted by Gasteiger charge is -2.15. The number of sulfone groups is 1. The molecule has 0 radical (unpaired) electrons. The minimum atomic E-state index is -3.05. The molecule has 0 amide bonds. The molecule has 1 heterocycles. The van der Waals surface area contributed by atoms with Crippen LogP contribution in [0.15, 0.2) is 28.0 Å². The van der Waals surface area contributed by atoms with E-state index in [2.05, 4.69) is 0 Å². The van der Waals surface area contributed by atoms with Crippen molar-refractivity contribution < 1.29 is 8.42 Å². The third kappa shape index (κ3) is 1.96. The molecule has 0 bridgehead atoms. The first-order valence-electron chi connectivity index (χ1n) is 4.53. The highest BCUT2D eigenvalue weighted by Crippen LogP contribution is 2.31. The second kappa shape index (κ2) is 3.59.